The Balaban J connectivity index is 1.05. The topological polar surface area (TPSA) is 19.4 Å². The van der Waals surface area contributed by atoms with E-state index in [9.17, 15) is 0 Å². The van der Waals surface area contributed by atoms with Gasteiger partial charge in [-0.25, -0.2) is 0 Å². The molecule has 10 rings (SSSR count). The average molecular weight is 565 g/mol. The smallest absolute Gasteiger partial charge is 0.0234 e. The van der Waals surface area contributed by atoms with Crippen molar-refractivity contribution in [2.75, 3.05) is 78.5 Å². The second-order valence-electron chi connectivity index (χ2n) is 13.1. The predicted molar refractivity (Wildman–Crippen MR) is 171 cm³/mol. The van der Waals surface area contributed by atoms with Crippen molar-refractivity contribution >= 4 is 0 Å². The quantitative estimate of drug-likeness (QED) is 0.409. The molecule has 3 aromatic carbocycles. The standard InChI is InChI=1S/C36H48N6/c1-4-31-22-32(5-1)26-38-12-16-40(17-13-38)28-34-7-3-9-36(24-34)30-42-20-18-41(19-21-42)29-35-8-2-6-33(23-35)27-39-14-10-37(25-31)11-15-39/h1-9,22-24H,10-21,25-30H2. The van der Waals surface area contributed by atoms with E-state index in [-0.39, 0.29) is 0 Å². The van der Waals surface area contributed by atoms with Gasteiger partial charge in [-0.15, -0.1) is 0 Å². The van der Waals surface area contributed by atoms with Crippen LogP contribution in [-0.4, -0.2) is 108 Å². The van der Waals surface area contributed by atoms with Gasteiger partial charge in [0.05, 0.1) is 0 Å². The maximum absolute atomic E-state index is 2.64. The lowest BCUT2D eigenvalue weighted by atomic mass is 10.1. The third-order valence-electron chi connectivity index (χ3n) is 9.81. The Hall–Kier alpha value is -2.58. The number of benzene rings is 3. The zero-order valence-electron chi connectivity index (χ0n) is 25.3. The van der Waals surface area contributed by atoms with E-state index in [1.54, 1.807) is 0 Å². The molecule has 0 aliphatic carbocycles. The molecule has 0 amide bonds. The molecule has 3 fully saturated rings. The molecule has 0 spiro atoms. The van der Waals surface area contributed by atoms with Crippen LogP contribution in [0.15, 0.2) is 72.8 Å². The van der Waals surface area contributed by atoms with E-state index in [0.717, 1.165) is 118 Å². The summed E-state index contributed by atoms with van der Waals surface area (Å²) >= 11 is 0. The summed E-state index contributed by atoms with van der Waals surface area (Å²) in [6.07, 6.45) is 0. The van der Waals surface area contributed by atoms with Crippen LogP contribution >= 0.6 is 0 Å². The molecule has 7 heterocycles. The number of rotatable bonds is 0. The Morgan fingerprint density at radius 3 is 0.595 bits per heavy atom. The molecule has 3 saturated heterocycles. The Kier molecular flexibility index (Phi) is 8.98. The van der Waals surface area contributed by atoms with Crippen LogP contribution in [0.25, 0.3) is 0 Å². The zero-order valence-corrected chi connectivity index (χ0v) is 25.3. The maximum atomic E-state index is 2.64. The van der Waals surface area contributed by atoms with E-state index >= 15 is 0 Å². The number of hydrogen-bond acceptors (Lipinski definition) is 6. The van der Waals surface area contributed by atoms with Crippen molar-refractivity contribution in [1.82, 2.24) is 29.4 Å². The van der Waals surface area contributed by atoms with Crippen LogP contribution in [0.4, 0.5) is 0 Å². The second kappa shape index (κ2) is 13.4. The van der Waals surface area contributed by atoms with E-state index in [2.05, 4.69) is 102 Å². The minimum absolute atomic E-state index is 1.07. The molecule has 0 aromatic heterocycles. The molecule has 6 heteroatoms. The van der Waals surface area contributed by atoms with E-state index in [1.165, 1.54) is 33.4 Å². The van der Waals surface area contributed by atoms with Gasteiger partial charge in [0.2, 0.25) is 0 Å². The van der Waals surface area contributed by atoms with E-state index in [1.807, 2.05) is 0 Å². The third kappa shape index (κ3) is 7.49. The number of hydrogen-bond donors (Lipinski definition) is 0. The van der Waals surface area contributed by atoms with E-state index in [0.29, 0.717) is 0 Å². The minimum Gasteiger partial charge on any atom is -0.297 e. The van der Waals surface area contributed by atoms with Crippen molar-refractivity contribution in [3.63, 3.8) is 0 Å². The second-order valence-corrected chi connectivity index (χ2v) is 13.1. The van der Waals surface area contributed by atoms with Gasteiger partial charge in [-0.3, -0.25) is 29.4 Å². The number of piperazine rings is 3. The van der Waals surface area contributed by atoms with Gasteiger partial charge in [-0.05, 0) is 33.4 Å². The zero-order chi connectivity index (χ0) is 28.1. The lowest BCUT2D eigenvalue weighted by molar-refractivity contribution is 0.120. The lowest BCUT2D eigenvalue weighted by Gasteiger charge is -2.35. The lowest BCUT2D eigenvalue weighted by Crippen LogP contribution is -2.45. The number of nitrogens with zero attached hydrogens (tertiary/aromatic N) is 6. The van der Waals surface area contributed by atoms with Gasteiger partial charge in [0.25, 0.3) is 0 Å². The largest absolute Gasteiger partial charge is 0.297 e. The van der Waals surface area contributed by atoms with Crippen molar-refractivity contribution < 1.29 is 0 Å². The van der Waals surface area contributed by atoms with E-state index < -0.39 is 0 Å². The van der Waals surface area contributed by atoms with Gasteiger partial charge in [-0.2, -0.15) is 0 Å². The molecular weight excluding hydrogens is 516 g/mol. The van der Waals surface area contributed by atoms with Gasteiger partial charge < -0.3 is 0 Å². The summed E-state index contributed by atoms with van der Waals surface area (Å²) in [5.74, 6) is 0. The molecule has 6 nitrogen and oxygen atoms in total. The van der Waals surface area contributed by atoms with Crippen molar-refractivity contribution in [2.24, 2.45) is 0 Å². The van der Waals surface area contributed by atoms with Crippen molar-refractivity contribution in [1.29, 1.82) is 0 Å². The molecule has 0 atom stereocenters. The highest BCUT2D eigenvalue weighted by molar-refractivity contribution is 5.26. The fraction of sp³-hybridized carbons (Fsp3) is 0.500. The molecule has 0 unspecified atom stereocenters. The summed E-state index contributed by atoms with van der Waals surface area (Å²) in [6, 6.07) is 28.1. The predicted octanol–water partition coefficient (Wildman–Crippen LogP) is 3.95. The highest BCUT2D eigenvalue weighted by Gasteiger charge is 2.21. The SMILES string of the molecule is c1cc2cc(c1)CN1CCN(CC1)Cc1cccc(c1)CN1CCN(CC1)Cc1cccc(c1)CN1CCN(CC1)C2. The number of fused-ring (bicyclic) bond motifs is 3. The van der Waals surface area contributed by atoms with Gasteiger partial charge in [0, 0.05) is 118 Å². The molecule has 42 heavy (non-hydrogen) atoms. The molecule has 0 radical (unpaired) electrons. The highest BCUT2D eigenvalue weighted by atomic mass is 15.3. The average Bonchev–Trinajstić information content (AvgIpc) is 3.01. The monoisotopic (exact) mass is 564 g/mol. The van der Waals surface area contributed by atoms with Crippen LogP contribution in [0.2, 0.25) is 0 Å². The molecule has 0 saturated carbocycles. The van der Waals surface area contributed by atoms with Gasteiger partial charge >= 0.3 is 0 Å². The third-order valence-corrected chi connectivity index (χ3v) is 9.81. The van der Waals surface area contributed by atoms with Gasteiger partial charge in [-0.1, -0.05) is 72.8 Å². The van der Waals surface area contributed by atoms with Gasteiger partial charge in [0.1, 0.15) is 0 Å². The van der Waals surface area contributed by atoms with Crippen LogP contribution in [0.3, 0.4) is 0 Å². The summed E-state index contributed by atoms with van der Waals surface area (Å²) in [4.78, 5) is 15.9. The van der Waals surface area contributed by atoms with Crippen LogP contribution in [0.5, 0.6) is 0 Å². The normalized spacial score (nSPS) is 30.6. The Bertz CT molecular complexity index is 1050. The Labute approximate surface area is 253 Å². The molecule has 3 aromatic rings. The first kappa shape index (κ1) is 28.2. The van der Waals surface area contributed by atoms with E-state index in [4.69, 9.17) is 0 Å². The highest BCUT2D eigenvalue weighted by Crippen LogP contribution is 2.19. The summed E-state index contributed by atoms with van der Waals surface area (Å²) in [7, 11) is 0. The summed E-state index contributed by atoms with van der Waals surface area (Å²) in [6.45, 7) is 20.2. The van der Waals surface area contributed by atoms with Crippen LogP contribution in [0, 0.1) is 0 Å². The van der Waals surface area contributed by atoms with Crippen molar-refractivity contribution in [3.8, 4) is 0 Å². The van der Waals surface area contributed by atoms with Crippen LogP contribution in [-0.2, 0) is 39.3 Å². The molecule has 7 aliphatic heterocycles. The van der Waals surface area contributed by atoms with Crippen LogP contribution < -0.4 is 0 Å². The first-order valence-corrected chi connectivity index (χ1v) is 16.3. The summed E-state index contributed by atoms with van der Waals surface area (Å²) in [5, 5.41) is 0. The Morgan fingerprint density at radius 2 is 0.429 bits per heavy atom. The van der Waals surface area contributed by atoms with Crippen LogP contribution in [0.1, 0.15) is 33.4 Å². The fourth-order valence-electron chi connectivity index (χ4n) is 7.34. The van der Waals surface area contributed by atoms with Crippen molar-refractivity contribution in [2.45, 2.75) is 39.3 Å². The fourth-order valence-corrected chi connectivity index (χ4v) is 7.34. The first-order valence-electron chi connectivity index (χ1n) is 16.3. The molecular formula is C36H48N6. The van der Waals surface area contributed by atoms with Crippen molar-refractivity contribution in [3.05, 3.63) is 106 Å². The van der Waals surface area contributed by atoms with Gasteiger partial charge in [0.15, 0.2) is 0 Å². The summed E-state index contributed by atoms with van der Waals surface area (Å²) in [5.41, 5.74) is 8.78. The Morgan fingerprint density at radius 1 is 0.262 bits per heavy atom. The molecule has 7 aliphatic rings. The first-order chi connectivity index (χ1) is 20.7. The summed E-state index contributed by atoms with van der Waals surface area (Å²) < 4.78 is 0. The molecule has 12 bridgehead atoms. The maximum Gasteiger partial charge on any atom is 0.0234 e. The minimum atomic E-state index is 1.07. The molecule has 0 N–H and O–H groups in total. The molecule has 222 valence electrons.